The smallest absolute Gasteiger partial charge is 0.359 e. The van der Waals surface area contributed by atoms with Gasteiger partial charge in [-0.05, 0) is 18.2 Å². The van der Waals surface area contributed by atoms with E-state index in [1.165, 1.54) is 47.4 Å². The summed E-state index contributed by atoms with van der Waals surface area (Å²) in [6.07, 6.45) is 0. The third kappa shape index (κ3) is 3.27. The second-order valence-electron chi connectivity index (χ2n) is 6.05. The summed E-state index contributed by atoms with van der Waals surface area (Å²) in [6.45, 7) is 0. The van der Waals surface area contributed by atoms with Gasteiger partial charge in [-0.3, -0.25) is 14.9 Å². The third-order valence-corrected chi connectivity index (χ3v) is 5.41. The molecule has 0 saturated heterocycles. The molecule has 0 aliphatic rings. The van der Waals surface area contributed by atoms with Crippen LogP contribution in [0.2, 0.25) is 0 Å². The van der Waals surface area contributed by atoms with Crippen molar-refractivity contribution in [3.05, 3.63) is 86.9 Å². The van der Waals surface area contributed by atoms with Gasteiger partial charge in [0.05, 0.1) is 22.6 Å². The highest BCUT2D eigenvalue weighted by atomic mass is 32.1. The number of hydrogen-bond donors (Lipinski definition) is 0. The number of rotatable bonds is 5. The van der Waals surface area contributed by atoms with Crippen LogP contribution in [-0.4, -0.2) is 33.6 Å². The lowest BCUT2D eigenvalue weighted by atomic mass is 10.1. The molecule has 0 unspecified atom stereocenters. The summed E-state index contributed by atoms with van der Waals surface area (Å²) in [5, 5.41) is 15.7. The molecule has 4 rings (SSSR count). The van der Waals surface area contributed by atoms with Gasteiger partial charge in [0, 0.05) is 23.1 Å². The van der Waals surface area contributed by atoms with Crippen molar-refractivity contribution in [2.24, 2.45) is 0 Å². The lowest BCUT2D eigenvalue weighted by Crippen LogP contribution is -2.05. The minimum absolute atomic E-state index is 0.0588. The van der Waals surface area contributed by atoms with Gasteiger partial charge < -0.3 is 4.74 Å². The van der Waals surface area contributed by atoms with E-state index in [-0.39, 0.29) is 17.2 Å². The molecular weight excluding hydrogens is 394 g/mol. The van der Waals surface area contributed by atoms with Gasteiger partial charge in [-0.1, -0.05) is 30.3 Å². The minimum atomic E-state index is -0.632. The number of aromatic nitrogens is 2. The van der Waals surface area contributed by atoms with Crippen molar-refractivity contribution in [2.75, 3.05) is 7.11 Å². The van der Waals surface area contributed by atoms with E-state index in [2.05, 4.69) is 5.10 Å². The van der Waals surface area contributed by atoms with Crippen molar-refractivity contribution < 1.29 is 19.2 Å². The quantitative estimate of drug-likeness (QED) is 0.214. The van der Waals surface area contributed by atoms with Crippen LogP contribution in [0, 0.1) is 10.1 Å². The topological polar surface area (TPSA) is 104 Å². The molecule has 0 aliphatic heterocycles. The van der Waals surface area contributed by atoms with Gasteiger partial charge in [-0.15, -0.1) is 11.3 Å². The number of carbonyl (C=O) groups is 2. The van der Waals surface area contributed by atoms with Crippen molar-refractivity contribution in [1.82, 2.24) is 9.78 Å². The van der Waals surface area contributed by atoms with E-state index in [0.29, 0.717) is 26.3 Å². The van der Waals surface area contributed by atoms with E-state index in [1.54, 1.807) is 30.3 Å². The Balaban J connectivity index is 1.86. The zero-order valence-corrected chi connectivity index (χ0v) is 15.9. The monoisotopic (exact) mass is 407 g/mol. The molecule has 9 heteroatoms. The van der Waals surface area contributed by atoms with Crippen molar-refractivity contribution >= 4 is 39.0 Å². The Hall–Kier alpha value is -3.85. The highest BCUT2D eigenvalue weighted by molar-refractivity contribution is 7.20. The first kappa shape index (κ1) is 18.5. The second-order valence-corrected chi connectivity index (χ2v) is 7.08. The zero-order chi connectivity index (χ0) is 20.5. The summed E-state index contributed by atoms with van der Waals surface area (Å²) < 4.78 is 6.30. The molecule has 0 spiro atoms. The summed E-state index contributed by atoms with van der Waals surface area (Å²) in [4.78, 5) is 36.4. The number of hydrogen-bond acceptors (Lipinski definition) is 7. The fourth-order valence-electron chi connectivity index (χ4n) is 2.89. The van der Waals surface area contributed by atoms with Crippen LogP contribution in [-0.2, 0) is 4.74 Å². The standard InChI is InChI=1S/C20H13N3O5S/c1-28-20(25)17-15-11-16(18(24)12-5-3-2-4-6-12)29-19(15)22(21-17)13-7-9-14(10-8-13)23(26)27/h2-11H,1H3. The van der Waals surface area contributed by atoms with Crippen molar-refractivity contribution in [3.63, 3.8) is 0 Å². The Morgan fingerprint density at radius 3 is 2.41 bits per heavy atom. The Kier molecular flexibility index (Phi) is 4.65. The number of non-ortho nitro benzene ring substituents is 1. The molecule has 0 radical (unpaired) electrons. The SMILES string of the molecule is COC(=O)c1nn(-c2ccc([N+](=O)[O-])cc2)c2sc(C(=O)c3ccccc3)cc12. The molecule has 144 valence electrons. The zero-order valence-electron chi connectivity index (χ0n) is 15.1. The Morgan fingerprint density at radius 1 is 1.10 bits per heavy atom. The van der Waals surface area contributed by atoms with E-state index in [0.717, 1.165) is 0 Å². The van der Waals surface area contributed by atoms with Crippen molar-refractivity contribution in [1.29, 1.82) is 0 Å². The highest BCUT2D eigenvalue weighted by Crippen LogP contribution is 2.32. The molecular formula is C20H13N3O5S. The van der Waals surface area contributed by atoms with E-state index < -0.39 is 10.9 Å². The molecule has 0 aliphatic carbocycles. The maximum absolute atomic E-state index is 12.8. The first-order valence-electron chi connectivity index (χ1n) is 8.45. The lowest BCUT2D eigenvalue weighted by molar-refractivity contribution is -0.384. The van der Waals surface area contributed by atoms with Crippen LogP contribution in [0.4, 0.5) is 5.69 Å². The third-order valence-electron chi connectivity index (χ3n) is 4.30. The van der Waals surface area contributed by atoms with Crippen LogP contribution >= 0.6 is 11.3 Å². The highest BCUT2D eigenvalue weighted by Gasteiger charge is 2.24. The molecule has 0 amide bonds. The number of benzene rings is 2. The molecule has 0 fully saturated rings. The fraction of sp³-hybridized carbons (Fsp3) is 0.0500. The van der Waals surface area contributed by atoms with E-state index in [9.17, 15) is 19.7 Å². The van der Waals surface area contributed by atoms with Crippen LogP contribution in [0.5, 0.6) is 0 Å². The van der Waals surface area contributed by atoms with Gasteiger partial charge >= 0.3 is 5.97 Å². The predicted octanol–water partition coefficient (Wildman–Crippen LogP) is 4.01. The van der Waals surface area contributed by atoms with Gasteiger partial charge in [0.15, 0.2) is 5.69 Å². The fourth-order valence-corrected chi connectivity index (χ4v) is 3.98. The maximum Gasteiger partial charge on any atom is 0.359 e. The number of methoxy groups -OCH3 is 1. The number of thiophene rings is 1. The lowest BCUT2D eigenvalue weighted by Gasteiger charge is -2.02. The van der Waals surface area contributed by atoms with Crippen molar-refractivity contribution in [3.8, 4) is 5.69 Å². The van der Waals surface area contributed by atoms with Crippen molar-refractivity contribution in [2.45, 2.75) is 0 Å². The average molecular weight is 407 g/mol. The van der Waals surface area contributed by atoms with Crippen LogP contribution in [0.1, 0.15) is 25.7 Å². The summed E-state index contributed by atoms with van der Waals surface area (Å²) >= 11 is 1.19. The van der Waals surface area contributed by atoms with E-state index in [4.69, 9.17) is 4.74 Å². The minimum Gasteiger partial charge on any atom is -0.464 e. The number of nitro groups is 1. The summed E-state index contributed by atoms with van der Waals surface area (Å²) in [5.41, 5.74) is 1.07. The molecule has 8 nitrogen and oxygen atoms in total. The van der Waals surface area contributed by atoms with Gasteiger partial charge in [0.2, 0.25) is 5.78 Å². The first-order chi connectivity index (χ1) is 14.0. The van der Waals surface area contributed by atoms with Gasteiger partial charge in [-0.2, -0.15) is 5.10 Å². The maximum atomic E-state index is 12.8. The molecule has 0 bridgehead atoms. The number of carbonyl (C=O) groups excluding carboxylic acids is 2. The molecule has 2 aromatic heterocycles. The molecule has 29 heavy (non-hydrogen) atoms. The predicted molar refractivity (Wildman–Crippen MR) is 107 cm³/mol. The largest absolute Gasteiger partial charge is 0.464 e. The second kappa shape index (κ2) is 7.28. The van der Waals surface area contributed by atoms with Gasteiger partial charge in [-0.25, -0.2) is 9.48 Å². The molecule has 0 saturated carbocycles. The number of nitro benzene ring substituents is 1. The molecule has 0 N–H and O–H groups in total. The number of ketones is 1. The Bertz CT molecular complexity index is 1240. The van der Waals surface area contributed by atoms with Crippen LogP contribution in [0.25, 0.3) is 15.9 Å². The number of fused-ring (bicyclic) bond motifs is 1. The van der Waals surface area contributed by atoms with Crippen LogP contribution in [0.15, 0.2) is 60.7 Å². The average Bonchev–Trinajstić information content (AvgIpc) is 3.33. The number of nitrogens with zero attached hydrogens (tertiary/aromatic N) is 3. The molecule has 2 aromatic carbocycles. The Labute approximate surface area is 168 Å². The van der Waals surface area contributed by atoms with Crippen LogP contribution in [0.3, 0.4) is 0 Å². The first-order valence-corrected chi connectivity index (χ1v) is 9.26. The summed E-state index contributed by atoms with van der Waals surface area (Å²) in [6, 6.07) is 16.2. The molecule has 2 heterocycles. The number of esters is 1. The van der Waals surface area contributed by atoms with Crippen LogP contribution < -0.4 is 0 Å². The van der Waals surface area contributed by atoms with E-state index in [1.807, 2.05) is 6.07 Å². The summed E-state index contributed by atoms with van der Waals surface area (Å²) in [5.74, 6) is -0.801. The number of ether oxygens (including phenoxy) is 1. The van der Waals surface area contributed by atoms with E-state index >= 15 is 0 Å². The van der Waals surface area contributed by atoms with Gasteiger partial charge in [0.25, 0.3) is 5.69 Å². The molecule has 0 atom stereocenters. The van der Waals surface area contributed by atoms with Gasteiger partial charge in [0.1, 0.15) is 4.83 Å². The summed E-state index contributed by atoms with van der Waals surface area (Å²) in [7, 11) is 1.25. The Morgan fingerprint density at radius 2 is 1.79 bits per heavy atom. The normalized spacial score (nSPS) is 10.8. The molecule has 4 aromatic rings.